The van der Waals surface area contributed by atoms with E-state index < -0.39 is 5.97 Å². The third-order valence-electron chi connectivity index (χ3n) is 3.79. The van der Waals surface area contributed by atoms with Crippen LogP contribution in [0.15, 0.2) is 42.5 Å². The van der Waals surface area contributed by atoms with Crippen molar-refractivity contribution < 1.29 is 14.3 Å². The van der Waals surface area contributed by atoms with Crippen LogP contribution in [0.2, 0.25) is 5.02 Å². The van der Waals surface area contributed by atoms with Gasteiger partial charge in [-0.1, -0.05) is 23.7 Å². The summed E-state index contributed by atoms with van der Waals surface area (Å²) in [5, 5.41) is 4.32. The van der Waals surface area contributed by atoms with Gasteiger partial charge in [-0.25, -0.2) is 4.79 Å². The quantitative estimate of drug-likeness (QED) is 0.702. The molecule has 0 radical (unpaired) electrons. The van der Waals surface area contributed by atoms with Crippen molar-refractivity contribution in [1.82, 2.24) is 4.98 Å². The summed E-state index contributed by atoms with van der Waals surface area (Å²) >= 11 is 5.99. The van der Waals surface area contributed by atoms with Crippen molar-refractivity contribution in [3.05, 3.63) is 64.3 Å². The third-order valence-corrected chi connectivity index (χ3v) is 4.02. The first-order valence-electron chi connectivity index (χ1n) is 7.27. The van der Waals surface area contributed by atoms with Crippen LogP contribution in [-0.4, -0.2) is 24.0 Å². The number of H-pyrrole nitrogens is 1. The number of carbonyl (C=O) groups is 2. The van der Waals surface area contributed by atoms with Crippen molar-refractivity contribution in [3.8, 4) is 0 Å². The van der Waals surface area contributed by atoms with E-state index >= 15 is 0 Å². The molecule has 5 nitrogen and oxygen atoms in total. The van der Waals surface area contributed by atoms with Crippen LogP contribution in [-0.2, 0) is 4.74 Å². The first-order valence-corrected chi connectivity index (χ1v) is 7.65. The van der Waals surface area contributed by atoms with Gasteiger partial charge in [-0.15, -0.1) is 0 Å². The molecule has 2 N–H and O–H groups in total. The number of nitrogens with one attached hydrogen (secondary N) is 2. The van der Waals surface area contributed by atoms with Gasteiger partial charge in [0.05, 0.1) is 12.7 Å². The molecule has 1 amide bonds. The van der Waals surface area contributed by atoms with Gasteiger partial charge < -0.3 is 15.0 Å². The first-order chi connectivity index (χ1) is 11.5. The van der Waals surface area contributed by atoms with Gasteiger partial charge in [-0.3, -0.25) is 4.79 Å². The fourth-order valence-corrected chi connectivity index (χ4v) is 2.74. The SMILES string of the molecule is COC(=O)c1cccc(NC(=O)c2[nH]c3cc(Cl)ccc3c2C)c1. The summed E-state index contributed by atoms with van der Waals surface area (Å²) < 4.78 is 4.68. The molecule has 24 heavy (non-hydrogen) atoms. The third kappa shape index (κ3) is 2.98. The largest absolute Gasteiger partial charge is 0.465 e. The van der Waals surface area contributed by atoms with Crippen LogP contribution >= 0.6 is 11.6 Å². The number of carbonyl (C=O) groups excluding carboxylic acids is 2. The Labute approximate surface area is 143 Å². The van der Waals surface area contributed by atoms with Crippen LogP contribution in [0.5, 0.6) is 0 Å². The molecule has 6 heteroatoms. The summed E-state index contributed by atoms with van der Waals surface area (Å²) in [7, 11) is 1.31. The highest BCUT2D eigenvalue weighted by Gasteiger charge is 2.16. The molecule has 0 aliphatic carbocycles. The second-order valence-electron chi connectivity index (χ2n) is 5.34. The molecule has 1 heterocycles. The predicted octanol–water partition coefficient (Wildman–Crippen LogP) is 4.17. The lowest BCUT2D eigenvalue weighted by Gasteiger charge is -2.06. The smallest absolute Gasteiger partial charge is 0.337 e. The van der Waals surface area contributed by atoms with Crippen molar-refractivity contribution >= 4 is 40.1 Å². The zero-order chi connectivity index (χ0) is 17.3. The van der Waals surface area contributed by atoms with E-state index in [1.54, 1.807) is 36.4 Å². The van der Waals surface area contributed by atoms with Crippen LogP contribution in [0.4, 0.5) is 5.69 Å². The van der Waals surface area contributed by atoms with E-state index in [-0.39, 0.29) is 5.91 Å². The van der Waals surface area contributed by atoms with Crippen LogP contribution in [0, 0.1) is 6.92 Å². The Balaban J connectivity index is 1.90. The van der Waals surface area contributed by atoms with Gasteiger partial charge in [-0.05, 0) is 42.8 Å². The maximum atomic E-state index is 12.5. The molecule has 0 aliphatic rings. The topological polar surface area (TPSA) is 71.2 Å². The number of fused-ring (bicyclic) bond motifs is 1. The van der Waals surface area contributed by atoms with E-state index in [0.29, 0.717) is 22.0 Å². The number of aryl methyl sites for hydroxylation is 1. The second-order valence-corrected chi connectivity index (χ2v) is 5.78. The number of aromatic amines is 1. The highest BCUT2D eigenvalue weighted by atomic mass is 35.5. The molecular formula is C18H15ClN2O3. The maximum Gasteiger partial charge on any atom is 0.337 e. The zero-order valence-electron chi connectivity index (χ0n) is 13.1. The molecular weight excluding hydrogens is 328 g/mol. The second kappa shape index (κ2) is 6.37. The van der Waals surface area contributed by atoms with Crippen LogP contribution in [0.1, 0.15) is 26.4 Å². The van der Waals surface area contributed by atoms with Gasteiger partial charge in [0.15, 0.2) is 0 Å². The molecule has 0 aliphatic heterocycles. The number of rotatable bonds is 3. The van der Waals surface area contributed by atoms with E-state index in [9.17, 15) is 9.59 Å². The highest BCUT2D eigenvalue weighted by molar-refractivity contribution is 6.31. The van der Waals surface area contributed by atoms with Crippen LogP contribution < -0.4 is 5.32 Å². The number of anilines is 1. The van der Waals surface area contributed by atoms with Gasteiger partial charge >= 0.3 is 5.97 Å². The molecule has 0 saturated heterocycles. The fraction of sp³-hybridized carbons (Fsp3) is 0.111. The Morgan fingerprint density at radius 2 is 1.96 bits per heavy atom. The molecule has 3 rings (SSSR count). The van der Waals surface area contributed by atoms with E-state index in [2.05, 4.69) is 15.0 Å². The van der Waals surface area contributed by atoms with Crippen molar-refractivity contribution in [2.24, 2.45) is 0 Å². The number of hydrogen-bond acceptors (Lipinski definition) is 3. The molecule has 2 aromatic carbocycles. The summed E-state index contributed by atoms with van der Waals surface area (Å²) in [6, 6.07) is 12.0. The van der Waals surface area contributed by atoms with Crippen LogP contribution in [0.25, 0.3) is 10.9 Å². The fourth-order valence-electron chi connectivity index (χ4n) is 2.57. The molecule has 0 unspecified atom stereocenters. The summed E-state index contributed by atoms with van der Waals surface area (Å²) in [5.41, 5.74) is 2.97. The number of amides is 1. The summed E-state index contributed by atoms with van der Waals surface area (Å²) in [6.07, 6.45) is 0. The minimum Gasteiger partial charge on any atom is -0.465 e. The minimum absolute atomic E-state index is 0.290. The lowest BCUT2D eigenvalue weighted by Crippen LogP contribution is -2.14. The molecule has 0 saturated carbocycles. The van der Waals surface area contributed by atoms with E-state index in [1.807, 2.05) is 13.0 Å². The molecule has 122 valence electrons. The van der Waals surface area contributed by atoms with Gasteiger partial charge in [0, 0.05) is 21.6 Å². The number of hydrogen-bond donors (Lipinski definition) is 2. The predicted molar refractivity (Wildman–Crippen MR) is 93.8 cm³/mol. The Morgan fingerprint density at radius 3 is 2.71 bits per heavy atom. The Hall–Kier alpha value is -2.79. The minimum atomic E-state index is -0.456. The molecule has 0 atom stereocenters. The molecule has 0 fully saturated rings. The van der Waals surface area contributed by atoms with E-state index in [0.717, 1.165) is 16.5 Å². The van der Waals surface area contributed by atoms with Gasteiger partial charge in [0.2, 0.25) is 0 Å². The average molecular weight is 343 g/mol. The normalized spacial score (nSPS) is 10.6. The van der Waals surface area contributed by atoms with Crippen molar-refractivity contribution in [2.45, 2.75) is 6.92 Å². The number of esters is 1. The number of halogens is 1. The Bertz CT molecular complexity index is 947. The van der Waals surface area contributed by atoms with E-state index in [4.69, 9.17) is 11.6 Å². The number of aromatic nitrogens is 1. The van der Waals surface area contributed by atoms with Gasteiger partial charge in [0.25, 0.3) is 5.91 Å². The lowest BCUT2D eigenvalue weighted by molar-refractivity contribution is 0.0600. The zero-order valence-corrected chi connectivity index (χ0v) is 13.9. The molecule has 0 spiro atoms. The van der Waals surface area contributed by atoms with Crippen molar-refractivity contribution in [3.63, 3.8) is 0 Å². The monoisotopic (exact) mass is 342 g/mol. The Kier molecular flexibility index (Phi) is 4.27. The van der Waals surface area contributed by atoms with Crippen molar-refractivity contribution in [1.29, 1.82) is 0 Å². The van der Waals surface area contributed by atoms with Crippen molar-refractivity contribution in [2.75, 3.05) is 12.4 Å². The van der Waals surface area contributed by atoms with Gasteiger partial charge in [-0.2, -0.15) is 0 Å². The lowest BCUT2D eigenvalue weighted by atomic mass is 10.1. The molecule has 3 aromatic rings. The maximum absolute atomic E-state index is 12.5. The summed E-state index contributed by atoms with van der Waals surface area (Å²) in [5.74, 6) is -0.746. The van der Waals surface area contributed by atoms with E-state index in [1.165, 1.54) is 7.11 Å². The standard InChI is InChI=1S/C18H15ClN2O3/c1-10-14-7-6-12(19)9-15(14)21-16(10)17(22)20-13-5-3-4-11(8-13)18(23)24-2/h3-9,21H,1-2H3,(H,20,22). The summed E-state index contributed by atoms with van der Waals surface area (Å²) in [4.78, 5) is 27.2. The number of benzene rings is 2. The average Bonchev–Trinajstić information content (AvgIpc) is 2.90. The summed E-state index contributed by atoms with van der Waals surface area (Å²) in [6.45, 7) is 1.87. The molecule has 0 bridgehead atoms. The Morgan fingerprint density at radius 1 is 1.17 bits per heavy atom. The highest BCUT2D eigenvalue weighted by Crippen LogP contribution is 2.25. The van der Waals surface area contributed by atoms with Crippen LogP contribution in [0.3, 0.4) is 0 Å². The number of ether oxygens (including phenoxy) is 1. The first kappa shape index (κ1) is 16.1. The van der Waals surface area contributed by atoms with Gasteiger partial charge in [0.1, 0.15) is 5.69 Å². The number of methoxy groups -OCH3 is 1. The molecule has 1 aromatic heterocycles.